The number of carboxylic acid groups (broad SMARTS) is 1. The number of hydrogen-bond donors (Lipinski definition) is 2. The van der Waals surface area contributed by atoms with Crippen molar-refractivity contribution in [2.75, 3.05) is 0 Å². The molecule has 0 saturated heterocycles. The van der Waals surface area contributed by atoms with Crippen molar-refractivity contribution in [3.8, 4) is 0 Å². The van der Waals surface area contributed by atoms with Gasteiger partial charge >= 0.3 is 5.97 Å². The van der Waals surface area contributed by atoms with Crippen LogP contribution in [0, 0.1) is 0 Å². The van der Waals surface area contributed by atoms with Crippen LogP contribution in [-0.4, -0.2) is 32.8 Å². The predicted octanol–water partition coefficient (Wildman–Crippen LogP) is 0.185. The smallest absolute Gasteiger partial charge is 0.325 e. The van der Waals surface area contributed by atoms with Gasteiger partial charge in [-0.2, -0.15) is 5.10 Å². The Labute approximate surface area is 93.3 Å². The van der Waals surface area contributed by atoms with Crippen molar-refractivity contribution in [3.63, 3.8) is 0 Å². The van der Waals surface area contributed by atoms with Gasteiger partial charge in [0.05, 0.1) is 11.3 Å². The Balaban J connectivity index is 2.84. The highest BCUT2D eigenvalue weighted by Gasteiger charge is 2.19. The molecule has 0 unspecified atom stereocenters. The van der Waals surface area contributed by atoms with Crippen LogP contribution in [0.3, 0.4) is 0 Å². The largest absolute Gasteiger partial charge is 0.480 e. The van der Waals surface area contributed by atoms with E-state index in [0.29, 0.717) is 17.7 Å². The van der Waals surface area contributed by atoms with Crippen LogP contribution in [0.4, 0.5) is 0 Å². The van der Waals surface area contributed by atoms with Gasteiger partial charge in [0.15, 0.2) is 0 Å². The number of carbonyl (C=O) groups excluding carboxylic acids is 1. The van der Waals surface area contributed by atoms with E-state index in [1.54, 1.807) is 17.9 Å². The van der Waals surface area contributed by atoms with Crippen LogP contribution in [0.5, 0.6) is 0 Å². The molecule has 6 nitrogen and oxygen atoms in total. The highest BCUT2D eigenvalue weighted by atomic mass is 16.4. The lowest BCUT2D eigenvalue weighted by Crippen LogP contribution is -2.38. The van der Waals surface area contributed by atoms with Gasteiger partial charge in [-0.25, -0.2) is 0 Å². The van der Waals surface area contributed by atoms with Crippen LogP contribution in [-0.2, 0) is 18.3 Å². The second-order valence-corrected chi connectivity index (χ2v) is 3.55. The number of rotatable bonds is 4. The van der Waals surface area contributed by atoms with E-state index in [1.807, 2.05) is 6.92 Å². The van der Waals surface area contributed by atoms with E-state index < -0.39 is 17.9 Å². The lowest BCUT2D eigenvalue weighted by atomic mass is 10.2. The fourth-order valence-electron chi connectivity index (χ4n) is 1.32. The molecule has 6 heteroatoms. The van der Waals surface area contributed by atoms with Crippen molar-refractivity contribution < 1.29 is 14.7 Å². The van der Waals surface area contributed by atoms with Gasteiger partial charge < -0.3 is 10.4 Å². The standard InChI is InChI=1S/C10H15N3O3/c1-4-8-7(5-13(3)12-8)9(14)11-6(2)10(15)16/h5-6H,4H2,1-3H3,(H,11,14)(H,15,16)/t6-/m0/s1. The fourth-order valence-corrected chi connectivity index (χ4v) is 1.32. The first-order valence-corrected chi connectivity index (χ1v) is 5.01. The summed E-state index contributed by atoms with van der Waals surface area (Å²) in [5.41, 5.74) is 1.09. The minimum absolute atomic E-state index is 0.403. The number of carboxylic acids is 1. The molecule has 1 aromatic heterocycles. The maximum absolute atomic E-state index is 11.7. The molecule has 0 aliphatic carbocycles. The molecule has 1 amide bonds. The Kier molecular flexibility index (Phi) is 3.65. The number of hydrogen-bond acceptors (Lipinski definition) is 3. The minimum atomic E-state index is -1.06. The zero-order valence-corrected chi connectivity index (χ0v) is 9.52. The topological polar surface area (TPSA) is 84.2 Å². The van der Waals surface area contributed by atoms with Gasteiger partial charge in [-0.05, 0) is 13.3 Å². The lowest BCUT2D eigenvalue weighted by Gasteiger charge is -2.08. The number of amides is 1. The second-order valence-electron chi connectivity index (χ2n) is 3.55. The first-order chi connectivity index (χ1) is 7.45. The molecule has 1 atom stereocenters. The maximum atomic E-state index is 11.7. The minimum Gasteiger partial charge on any atom is -0.480 e. The zero-order valence-electron chi connectivity index (χ0n) is 9.52. The molecule has 0 aliphatic rings. The van der Waals surface area contributed by atoms with E-state index >= 15 is 0 Å². The Hall–Kier alpha value is -1.85. The summed E-state index contributed by atoms with van der Waals surface area (Å²) < 4.78 is 1.54. The van der Waals surface area contributed by atoms with Crippen LogP contribution < -0.4 is 5.32 Å². The van der Waals surface area contributed by atoms with Crippen LogP contribution in [0.2, 0.25) is 0 Å². The summed E-state index contributed by atoms with van der Waals surface area (Å²) in [6.45, 7) is 3.31. The molecule has 0 fully saturated rings. The Morgan fingerprint density at radius 2 is 2.25 bits per heavy atom. The normalized spacial score (nSPS) is 12.2. The zero-order chi connectivity index (χ0) is 12.3. The molecule has 1 rings (SSSR count). The highest BCUT2D eigenvalue weighted by molar-refractivity contribution is 5.97. The molecule has 0 radical (unpaired) electrons. The molecule has 0 saturated carbocycles. The molecule has 0 bridgehead atoms. The summed E-state index contributed by atoms with van der Waals surface area (Å²) >= 11 is 0. The summed E-state index contributed by atoms with van der Waals surface area (Å²) in [5.74, 6) is -1.46. The van der Waals surface area contributed by atoms with E-state index in [2.05, 4.69) is 10.4 Å². The van der Waals surface area contributed by atoms with Crippen LogP contribution in [0.1, 0.15) is 29.9 Å². The lowest BCUT2D eigenvalue weighted by molar-refractivity contribution is -0.138. The molecule has 1 heterocycles. The summed E-state index contributed by atoms with van der Waals surface area (Å²) in [5, 5.41) is 15.2. The molecular formula is C10H15N3O3. The van der Waals surface area contributed by atoms with Gasteiger partial charge in [-0.15, -0.1) is 0 Å². The molecule has 88 valence electrons. The third-order valence-corrected chi connectivity index (χ3v) is 2.20. The van der Waals surface area contributed by atoms with Gasteiger partial charge in [0, 0.05) is 13.2 Å². The van der Waals surface area contributed by atoms with E-state index in [1.165, 1.54) is 6.92 Å². The van der Waals surface area contributed by atoms with Gasteiger partial charge in [0.1, 0.15) is 6.04 Å². The van der Waals surface area contributed by atoms with Gasteiger partial charge in [-0.1, -0.05) is 6.92 Å². The molecule has 1 aromatic rings. The third-order valence-electron chi connectivity index (χ3n) is 2.20. The summed E-state index contributed by atoms with van der Waals surface area (Å²) in [6, 6.07) is -0.905. The van der Waals surface area contributed by atoms with Crippen molar-refractivity contribution >= 4 is 11.9 Å². The summed E-state index contributed by atoms with van der Waals surface area (Å²) in [4.78, 5) is 22.3. The quantitative estimate of drug-likeness (QED) is 0.765. The molecule has 0 aromatic carbocycles. The van der Waals surface area contributed by atoms with Crippen molar-refractivity contribution in [2.45, 2.75) is 26.3 Å². The van der Waals surface area contributed by atoms with Crippen molar-refractivity contribution in [1.29, 1.82) is 0 Å². The van der Waals surface area contributed by atoms with Crippen LogP contribution >= 0.6 is 0 Å². The van der Waals surface area contributed by atoms with Gasteiger partial charge in [-0.3, -0.25) is 14.3 Å². The maximum Gasteiger partial charge on any atom is 0.325 e. The van der Waals surface area contributed by atoms with E-state index in [4.69, 9.17) is 5.11 Å². The number of aryl methyl sites for hydroxylation is 2. The van der Waals surface area contributed by atoms with Crippen molar-refractivity contribution in [1.82, 2.24) is 15.1 Å². The molecule has 2 N–H and O–H groups in total. The summed E-state index contributed by atoms with van der Waals surface area (Å²) in [6.07, 6.45) is 2.22. The number of carbonyl (C=O) groups is 2. The highest BCUT2D eigenvalue weighted by Crippen LogP contribution is 2.07. The number of aliphatic carboxylic acids is 1. The fraction of sp³-hybridized carbons (Fsp3) is 0.500. The Bertz CT molecular complexity index is 411. The first-order valence-electron chi connectivity index (χ1n) is 5.01. The van der Waals surface area contributed by atoms with Gasteiger partial charge in [0.25, 0.3) is 5.91 Å². The van der Waals surface area contributed by atoms with Gasteiger partial charge in [0.2, 0.25) is 0 Å². The number of nitrogens with one attached hydrogen (secondary N) is 1. The Morgan fingerprint density at radius 1 is 1.62 bits per heavy atom. The molecular weight excluding hydrogens is 210 g/mol. The van der Waals surface area contributed by atoms with Crippen molar-refractivity contribution in [2.24, 2.45) is 7.05 Å². The monoisotopic (exact) mass is 225 g/mol. The first kappa shape index (κ1) is 12.2. The van der Waals surface area contributed by atoms with Crippen LogP contribution in [0.15, 0.2) is 6.20 Å². The number of aromatic nitrogens is 2. The van der Waals surface area contributed by atoms with Crippen molar-refractivity contribution in [3.05, 3.63) is 17.5 Å². The molecule has 0 aliphatic heterocycles. The third kappa shape index (κ3) is 2.59. The summed E-state index contributed by atoms with van der Waals surface area (Å²) in [7, 11) is 1.72. The van der Waals surface area contributed by atoms with E-state index in [9.17, 15) is 9.59 Å². The Morgan fingerprint density at radius 3 is 2.75 bits per heavy atom. The molecule has 16 heavy (non-hydrogen) atoms. The van der Waals surface area contributed by atoms with E-state index in [0.717, 1.165) is 0 Å². The average molecular weight is 225 g/mol. The van der Waals surface area contributed by atoms with Crippen LogP contribution in [0.25, 0.3) is 0 Å². The average Bonchev–Trinajstić information content (AvgIpc) is 2.59. The predicted molar refractivity (Wildman–Crippen MR) is 57.2 cm³/mol. The molecule has 0 spiro atoms. The second kappa shape index (κ2) is 4.78. The van der Waals surface area contributed by atoms with E-state index in [-0.39, 0.29) is 0 Å². The SMILES string of the molecule is CCc1nn(C)cc1C(=O)N[C@@H](C)C(=O)O. The number of nitrogens with zero attached hydrogens (tertiary/aromatic N) is 2.